The van der Waals surface area contributed by atoms with Gasteiger partial charge < -0.3 is 9.47 Å². The van der Waals surface area contributed by atoms with Crippen molar-refractivity contribution in [3.8, 4) is 0 Å². The highest BCUT2D eigenvalue weighted by Crippen LogP contribution is 2.31. The second-order valence-corrected chi connectivity index (χ2v) is 4.43. The zero-order valence-electron chi connectivity index (χ0n) is 7.35. The van der Waals surface area contributed by atoms with Crippen molar-refractivity contribution in [3.05, 3.63) is 0 Å². The molecule has 0 N–H and O–H groups in total. The Morgan fingerprint density at radius 2 is 2.33 bits per heavy atom. The lowest BCUT2D eigenvalue weighted by Crippen LogP contribution is -2.29. The molecule has 0 spiro atoms. The van der Waals surface area contributed by atoms with Crippen molar-refractivity contribution >= 4 is 23.2 Å². The van der Waals surface area contributed by atoms with Crippen LogP contribution in [-0.2, 0) is 9.47 Å². The van der Waals surface area contributed by atoms with E-state index >= 15 is 0 Å². The maximum Gasteiger partial charge on any atom is 0.133 e. The van der Waals surface area contributed by atoms with Gasteiger partial charge in [-0.25, -0.2) is 0 Å². The Morgan fingerprint density at radius 3 is 2.75 bits per heavy atom. The van der Waals surface area contributed by atoms with Gasteiger partial charge in [-0.1, -0.05) is 0 Å². The highest BCUT2D eigenvalue weighted by Gasteiger charge is 2.39. The average Bonchev–Trinajstić information content (AvgIpc) is 2.33. The van der Waals surface area contributed by atoms with Crippen molar-refractivity contribution in [1.29, 1.82) is 0 Å². The van der Waals surface area contributed by atoms with Crippen molar-refractivity contribution < 1.29 is 9.47 Å². The zero-order chi connectivity index (χ0) is 9.19. The molecule has 0 saturated carbocycles. The second kappa shape index (κ2) is 4.14. The zero-order valence-corrected chi connectivity index (χ0v) is 8.86. The molecule has 72 valence electrons. The number of rotatable bonds is 3. The van der Waals surface area contributed by atoms with Crippen LogP contribution in [0.15, 0.2) is 0 Å². The highest BCUT2D eigenvalue weighted by molar-refractivity contribution is 6.44. The Hall–Kier alpha value is 0.500. The fourth-order valence-electron chi connectivity index (χ4n) is 1.44. The van der Waals surface area contributed by atoms with Crippen molar-refractivity contribution in [2.45, 2.75) is 36.8 Å². The lowest BCUT2D eigenvalue weighted by Gasteiger charge is -2.21. The Labute approximate surface area is 83.1 Å². The van der Waals surface area contributed by atoms with Gasteiger partial charge in [-0.15, -0.1) is 23.2 Å². The monoisotopic (exact) mass is 212 g/mol. The first-order valence-electron chi connectivity index (χ1n) is 4.11. The molecule has 1 aliphatic heterocycles. The molecule has 1 heterocycles. The van der Waals surface area contributed by atoms with E-state index in [4.69, 9.17) is 32.7 Å². The van der Waals surface area contributed by atoms with Gasteiger partial charge in [0.1, 0.15) is 4.84 Å². The summed E-state index contributed by atoms with van der Waals surface area (Å²) in [6.07, 6.45) is 0.697. The van der Waals surface area contributed by atoms with Gasteiger partial charge in [0.05, 0.1) is 18.3 Å². The van der Waals surface area contributed by atoms with Crippen LogP contribution >= 0.6 is 23.2 Å². The molecule has 0 unspecified atom stereocenters. The molecule has 0 amide bonds. The predicted octanol–water partition coefficient (Wildman–Crippen LogP) is 2.37. The van der Waals surface area contributed by atoms with Crippen LogP contribution in [0.2, 0.25) is 0 Å². The maximum absolute atomic E-state index is 5.70. The number of hydrogen-bond acceptors (Lipinski definition) is 2. The summed E-state index contributed by atoms with van der Waals surface area (Å²) in [5, 5.41) is 0. The molecule has 12 heavy (non-hydrogen) atoms. The molecule has 2 nitrogen and oxygen atoms in total. The molecule has 0 aromatic carbocycles. The van der Waals surface area contributed by atoms with Crippen LogP contribution < -0.4 is 0 Å². The van der Waals surface area contributed by atoms with Crippen LogP contribution in [0.3, 0.4) is 0 Å². The van der Waals surface area contributed by atoms with E-state index in [-0.39, 0.29) is 11.7 Å². The van der Waals surface area contributed by atoms with Crippen molar-refractivity contribution in [2.75, 3.05) is 13.2 Å². The summed E-state index contributed by atoms with van der Waals surface area (Å²) in [4.78, 5) is -0.452. The first kappa shape index (κ1) is 10.6. The van der Waals surface area contributed by atoms with Crippen LogP contribution in [0.25, 0.3) is 0 Å². The van der Waals surface area contributed by atoms with Crippen molar-refractivity contribution in [1.82, 2.24) is 0 Å². The first-order chi connectivity index (χ1) is 5.57. The lowest BCUT2D eigenvalue weighted by atomic mass is 10.0. The molecule has 1 fully saturated rings. The fourth-order valence-corrected chi connectivity index (χ4v) is 1.76. The molecule has 4 heteroatoms. The van der Waals surface area contributed by atoms with E-state index in [1.54, 1.807) is 0 Å². The number of hydrogen-bond donors (Lipinski definition) is 0. The third kappa shape index (κ3) is 2.49. The minimum atomic E-state index is -0.452. The van der Waals surface area contributed by atoms with E-state index in [0.717, 1.165) is 6.42 Å². The third-order valence-electron chi connectivity index (χ3n) is 2.01. The van der Waals surface area contributed by atoms with E-state index in [9.17, 15) is 0 Å². The normalized spacial score (nSPS) is 36.2. The quantitative estimate of drug-likeness (QED) is 0.670. The summed E-state index contributed by atoms with van der Waals surface area (Å²) in [5.74, 6) is 0. The molecule has 0 aliphatic carbocycles. The summed E-state index contributed by atoms with van der Waals surface area (Å²) in [6.45, 7) is 5.27. The van der Waals surface area contributed by atoms with Gasteiger partial charge in [0.15, 0.2) is 0 Å². The smallest absolute Gasteiger partial charge is 0.133 e. The van der Waals surface area contributed by atoms with Crippen LogP contribution in [0.1, 0.15) is 20.3 Å². The van der Waals surface area contributed by atoms with E-state index < -0.39 is 4.84 Å². The molecule has 0 aromatic rings. The molecule has 0 aromatic heterocycles. The van der Waals surface area contributed by atoms with Crippen molar-refractivity contribution in [3.63, 3.8) is 0 Å². The summed E-state index contributed by atoms with van der Waals surface area (Å²) in [6, 6.07) is 0. The molecular weight excluding hydrogens is 199 g/mol. The standard InChI is InChI=1S/C8H14Cl2O2/c1-3-12-8(2)4-6(7(9)10)11-5-8/h6-7H,3-5H2,1-2H3/t6-,8+/m1/s1. The van der Waals surface area contributed by atoms with Gasteiger partial charge in [-0.05, 0) is 13.8 Å². The third-order valence-corrected chi connectivity index (χ3v) is 2.57. The van der Waals surface area contributed by atoms with Crippen LogP contribution in [0.4, 0.5) is 0 Å². The largest absolute Gasteiger partial charge is 0.373 e. The summed E-state index contributed by atoms with van der Waals surface area (Å²) < 4.78 is 10.9. The summed E-state index contributed by atoms with van der Waals surface area (Å²) in [7, 11) is 0. The number of alkyl halides is 2. The SMILES string of the molecule is CCO[C@]1(C)CO[C@@H](C(Cl)Cl)C1. The summed E-state index contributed by atoms with van der Waals surface area (Å²) in [5.41, 5.74) is -0.193. The van der Waals surface area contributed by atoms with E-state index in [1.807, 2.05) is 13.8 Å². The summed E-state index contributed by atoms with van der Waals surface area (Å²) >= 11 is 11.4. The lowest BCUT2D eigenvalue weighted by molar-refractivity contribution is -0.0302. The van der Waals surface area contributed by atoms with Crippen LogP contribution in [0.5, 0.6) is 0 Å². The Kier molecular flexibility index (Phi) is 3.65. The Balaban J connectivity index is 2.43. The second-order valence-electron chi connectivity index (χ2n) is 3.27. The van der Waals surface area contributed by atoms with E-state index in [1.165, 1.54) is 0 Å². The predicted molar refractivity (Wildman–Crippen MR) is 49.9 cm³/mol. The minimum absolute atomic E-state index is 0.0788. The number of halogens is 2. The van der Waals surface area contributed by atoms with E-state index in [2.05, 4.69) is 0 Å². The topological polar surface area (TPSA) is 18.5 Å². The maximum atomic E-state index is 5.70. The Morgan fingerprint density at radius 1 is 1.67 bits per heavy atom. The molecule has 1 saturated heterocycles. The molecule has 1 rings (SSSR count). The minimum Gasteiger partial charge on any atom is -0.373 e. The molecule has 0 bridgehead atoms. The van der Waals surface area contributed by atoms with Gasteiger partial charge in [0.2, 0.25) is 0 Å². The molecule has 2 atom stereocenters. The van der Waals surface area contributed by atoms with Gasteiger partial charge >= 0.3 is 0 Å². The van der Waals surface area contributed by atoms with Crippen molar-refractivity contribution in [2.24, 2.45) is 0 Å². The molecule has 1 aliphatic rings. The fraction of sp³-hybridized carbons (Fsp3) is 1.00. The average molecular weight is 213 g/mol. The van der Waals surface area contributed by atoms with Crippen LogP contribution in [-0.4, -0.2) is 29.8 Å². The number of ether oxygens (including phenoxy) is 2. The van der Waals surface area contributed by atoms with Crippen LogP contribution in [0, 0.1) is 0 Å². The van der Waals surface area contributed by atoms with Gasteiger partial charge in [0.25, 0.3) is 0 Å². The first-order valence-corrected chi connectivity index (χ1v) is 4.98. The van der Waals surface area contributed by atoms with Gasteiger partial charge in [0, 0.05) is 13.0 Å². The van der Waals surface area contributed by atoms with Gasteiger partial charge in [-0.3, -0.25) is 0 Å². The Bertz CT molecular complexity index is 152. The molecular formula is C8H14Cl2O2. The van der Waals surface area contributed by atoms with E-state index in [0.29, 0.717) is 13.2 Å². The van der Waals surface area contributed by atoms with Gasteiger partial charge in [-0.2, -0.15) is 0 Å². The molecule has 0 radical (unpaired) electrons. The highest BCUT2D eigenvalue weighted by atomic mass is 35.5.